The van der Waals surface area contributed by atoms with Crippen LogP contribution in [0.4, 0.5) is 5.95 Å². The van der Waals surface area contributed by atoms with Crippen molar-refractivity contribution in [2.75, 3.05) is 31.6 Å². The molecule has 3 aliphatic rings. The predicted molar refractivity (Wildman–Crippen MR) is 107 cm³/mol. The predicted octanol–water partition coefficient (Wildman–Crippen LogP) is 3.23. The molecule has 0 saturated carbocycles. The molecule has 3 saturated heterocycles. The number of amides is 1. The highest BCUT2D eigenvalue weighted by Gasteiger charge is 2.41. The number of hydrogen-bond donors (Lipinski definition) is 0. The molecule has 3 atom stereocenters. The van der Waals surface area contributed by atoms with Gasteiger partial charge in [0, 0.05) is 44.3 Å². The Labute approximate surface area is 170 Å². The van der Waals surface area contributed by atoms with Gasteiger partial charge in [-0.15, -0.1) is 0 Å². The summed E-state index contributed by atoms with van der Waals surface area (Å²) in [6.07, 6.45) is 7.90. The first-order valence-electron chi connectivity index (χ1n) is 9.97. The molecule has 4 heterocycles. The smallest absolute Gasteiger partial charge is 0.236 e. The fourth-order valence-electron chi connectivity index (χ4n) is 4.95. The normalized spacial score (nSPS) is 28.4. The molecule has 2 bridgehead atoms. The Morgan fingerprint density at radius 2 is 1.70 bits per heavy atom. The molecule has 0 aromatic carbocycles. The van der Waals surface area contributed by atoms with Crippen molar-refractivity contribution in [2.45, 2.75) is 63.1 Å². The van der Waals surface area contributed by atoms with Gasteiger partial charge in [0.25, 0.3) is 0 Å². The van der Waals surface area contributed by atoms with Gasteiger partial charge in [0.2, 0.25) is 11.9 Å². The van der Waals surface area contributed by atoms with E-state index in [1.165, 1.54) is 6.42 Å². The van der Waals surface area contributed by atoms with E-state index in [0.29, 0.717) is 46.8 Å². The highest BCUT2D eigenvalue weighted by molar-refractivity contribution is 6.33. The Kier molecular flexibility index (Phi) is 5.76. The number of anilines is 1. The molecule has 1 aromatic heterocycles. The summed E-state index contributed by atoms with van der Waals surface area (Å²) in [6.45, 7) is 2.44. The molecule has 148 valence electrons. The minimum atomic E-state index is 0.307. The van der Waals surface area contributed by atoms with E-state index in [-0.39, 0.29) is 0 Å². The second kappa shape index (κ2) is 8.10. The van der Waals surface area contributed by atoms with Crippen molar-refractivity contribution in [3.63, 3.8) is 0 Å². The summed E-state index contributed by atoms with van der Waals surface area (Å²) in [4.78, 5) is 28.0. The number of likely N-dealkylation sites (tertiary alicyclic amines) is 1. The molecule has 3 fully saturated rings. The maximum Gasteiger partial charge on any atom is 0.236 e. The van der Waals surface area contributed by atoms with Crippen LogP contribution < -0.4 is 4.90 Å². The third-order valence-corrected chi connectivity index (χ3v) is 6.78. The second-order valence-corrected chi connectivity index (χ2v) is 8.82. The molecule has 0 radical (unpaired) electrons. The van der Waals surface area contributed by atoms with Crippen LogP contribution in [-0.2, 0) is 4.79 Å². The Balaban J connectivity index is 1.45. The van der Waals surface area contributed by atoms with Gasteiger partial charge in [-0.05, 0) is 38.5 Å². The lowest BCUT2D eigenvalue weighted by Gasteiger charge is -2.50. The van der Waals surface area contributed by atoms with Crippen molar-refractivity contribution in [2.24, 2.45) is 0 Å². The fourth-order valence-corrected chi connectivity index (χ4v) is 5.36. The summed E-state index contributed by atoms with van der Waals surface area (Å²) in [5, 5.41) is 0.733. The summed E-state index contributed by atoms with van der Waals surface area (Å²) in [5.41, 5.74) is 0. The van der Waals surface area contributed by atoms with Gasteiger partial charge in [0.05, 0.1) is 6.54 Å². The van der Waals surface area contributed by atoms with Gasteiger partial charge in [-0.2, -0.15) is 0 Å². The summed E-state index contributed by atoms with van der Waals surface area (Å²) >= 11 is 12.1. The first-order chi connectivity index (χ1) is 13.0. The van der Waals surface area contributed by atoms with Gasteiger partial charge in [-0.1, -0.05) is 29.6 Å². The SMILES string of the molecule is CN(c1nc(Cl)cc(Cl)n1)C1C[C@H]2CCC[C@@H](C1)N2CC(=O)N1CCCC1. The van der Waals surface area contributed by atoms with Crippen LogP contribution in [0.25, 0.3) is 0 Å². The van der Waals surface area contributed by atoms with E-state index in [9.17, 15) is 4.79 Å². The van der Waals surface area contributed by atoms with E-state index in [4.69, 9.17) is 23.2 Å². The number of piperidine rings is 2. The van der Waals surface area contributed by atoms with Gasteiger partial charge in [0.1, 0.15) is 10.3 Å². The first kappa shape index (κ1) is 19.2. The van der Waals surface area contributed by atoms with Crippen molar-refractivity contribution in [3.8, 4) is 0 Å². The average molecular weight is 412 g/mol. The molecule has 1 amide bonds. The van der Waals surface area contributed by atoms with Crippen molar-refractivity contribution in [1.29, 1.82) is 0 Å². The topological polar surface area (TPSA) is 52.6 Å². The molecule has 6 nitrogen and oxygen atoms in total. The van der Waals surface area contributed by atoms with Crippen LogP contribution in [0.1, 0.15) is 44.9 Å². The Hall–Kier alpha value is -1.11. The highest BCUT2D eigenvalue weighted by atomic mass is 35.5. The Morgan fingerprint density at radius 3 is 2.30 bits per heavy atom. The number of aromatic nitrogens is 2. The van der Waals surface area contributed by atoms with Crippen LogP contribution >= 0.6 is 23.2 Å². The standard InChI is InChI=1S/C19H27Cl2N5O/c1-24(19-22-16(20)11-17(21)23-19)15-9-13-5-4-6-14(10-15)26(13)12-18(27)25-7-2-3-8-25/h11,13-15H,2-10,12H2,1H3/t13-,14+,15?. The van der Waals surface area contributed by atoms with Gasteiger partial charge < -0.3 is 9.80 Å². The maximum absolute atomic E-state index is 12.7. The summed E-state index contributed by atoms with van der Waals surface area (Å²) < 4.78 is 0. The van der Waals surface area contributed by atoms with E-state index in [1.54, 1.807) is 6.07 Å². The van der Waals surface area contributed by atoms with Crippen LogP contribution in [0.3, 0.4) is 0 Å². The highest BCUT2D eigenvalue weighted by Crippen LogP contribution is 2.36. The van der Waals surface area contributed by atoms with Crippen LogP contribution in [0.15, 0.2) is 6.07 Å². The molecular formula is C19H27Cl2N5O. The molecular weight excluding hydrogens is 385 g/mol. The minimum absolute atomic E-state index is 0.307. The van der Waals surface area contributed by atoms with Gasteiger partial charge >= 0.3 is 0 Å². The van der Waals surface area contributed by atoms with Crippen LogP contribution in [0, 0.1) is 0 Å². The lowest BCUT2D eigenvalue weighted by molar-refractivity contribution is -0.134. The summed E-state index contributed by atoms with van der Waals surface area (Å²) in [5.74, 6) is 0.887. The molecule has 8 heteroatoms. The number of carbonyl (C=O) groups is 1. The van der Waals surface area contributed by atoms with E-state index in [0.717, 1.165) is 51.6 Å². The maximum atomic E-state index is 12.7. The molecule has 1 unspecified atom stereocenters. The van der Waals surface area contributed by atoms with Gasteiger partial charge in [-0.25, -0.2) is 9.97 Å². The lowest BCUT2D eigenvalue weighted by Crippen LogP contribution is -2.58. The van der Waals surface area contributed by atoms with Crippen molar-refractivity contribution in [3.05, 3.63) is 16.4 Å². The Bertz CT molecular complexity index is 662. The molecule has 4 rings (SSSR count). The van der Waals surface area contributed by atoms with E-state index >= 15 is 0 Å². The largest absolute Gasteiger partial charge is 0.342 e. The van der Waals surface area contributed by atoms with Crippen LogP contribution in [0.2, 0.25) is 10.3 Å². The third kappa shape index (κ3) is 4.17. The fraction of sp³-hybridized carbons (Fsp3) is 0.737. The zero-order chi connectivity index (χ0) is 19.0. The van der Waals surface area contributed by atoms with Gasteiger partial charge in [-0.3, -0.25) is 9.69 Å². The average Bonchev–Trinajstić information content (AvgIpc) is 3.14. The third-order valence-electron chi connectivity index (χ3n) is 6.39. The zero-order valence-electron chi connectivity index (χ0n) is 15.8. The quantitative estimate of drug-likeness (QED) is 0.711. The second-order valence-electron chi connectivity index (χ2n) is 8.05. The van der Waals surface area contributed by atoms with Crippen molar-refractivity contribution < 1.29 is 4.79 Å². The molecule has 27 heavy (non-hydrogen) atoms. The van der Waals surface area contributed by atoms with E-state index in [1.807, 2.05) is 11.9 Å². The van der Waals surface area contributed by atoms with Crippen molar-refractivity contribution >= 4 is 35.1 Å². The summed E-state index contributed by atoms with van der Waals surface area (Å²) in [6, 6.07) is 2.80. The number of hydrogen-bond acceptors (Lipinski definition) is 5. The first-order valence-corrected chi connectivity index (χ1v) is 10.7. The number of carbonyl (C=O) groups excluding carboxylic acids is 1. The zero-order valence-corrected chi connectivity index (χ0v) is 17.3. The lowest BCUT2D eigenvalue weighted by atomic mass is 9.81. The number of halogens is 2. The number of fused-ring (bicyclic) bond motifs is 2. The Morgan fingerprint density at radius 1 is 1.11 bits per heavy atom. The number of rotatable bonds is 4. The van der Waals surface area contributed by atoms with Crippen LogP contribution in [0.5, 0.6) is 0 Å². The van der Waals surface area contributed by atoms with E-state index in [2.05, 4.69) is 19.8 Å². The molecule has 3 aliphatic heterocycles. The number of nitrogens with zero attached hydrogens (tertiary/aromatic N) is 5. The molecule has 0 spiro atoms. The molecule has 0 aliphatic carbocycles. The van der Waals surface area contributed by atoms with E-state index < -0.39 is 0 Å². The molecule has 0 N–H and O–H groups in total. The monoisotopic (exact) mass is 411 g/mol. The minimum Gasteiger partial charge on any atom is -0.342 e. The summed E-state index contributed by atoms with van der Waals surface area (Å²) in [7, 11) is 2.02. The van der Waals surface area contributed by atoms with Crippen LogP contribution in [-0.4, -0.2) is 70.5 Å². The van der Waals surface area contributed by atoms with Gasteiger partial charge in [0.15, 0.2) is 0 Å². The molecule has 1 aromatic rings. The van der Waals surface area contributed by atoms with Crippen molar-refractivity contribution in [1.82, 2.24) is 19.8 Å².